The molecule has 0 saturated heterocycles. The van der Waals surface area contributed by atoms with Crippen molar-refractivity contribution in [2.45, 2.75) is 20.5 Å². The highest BCUT2D eigenvalue weighted by molar-refractivity contribution is 5.64. The third-order valence-electron chi connectivity index (χ3n) is 3.37. The Morgan fingerprint density at radius 1 is 1.25 bits per heavy atom. The van der Waals surface area contributed by atoms with Gasteiger partial charge in [-0.3, -0.25) is 0 Å². The predicted octanol–water partition coefficient (Wildman–Crippen LogP) is 2.97. The first kappa shape index (κ1) is 14.3. The number of aryl methyl sites for hydroxylation is 2. The maximum absolute atomic E-state index is 9.60. The minimum Gasteiger partial charge on any atom is -0.497 e. The van der Waals surface area contributed by atoms with Crippen LogP contribution in [0.15, 0.2) is 30.3 Å². The molecule has 0 bridgehead atoms. The minimum absolute atomic E-state index is 0.0250. The Bertz CT molecular complexity index is 611. The summed E-state index contributed by atoms with van der Waals surface area (Å²) < 4.78 is 5.25. The average Bonchev–Trinajstić information content (AvgIpc) is 2.45. The van der Waals surface area contributed by atoms with E-state index < -0.39 is 0 Å². The molecule has 0 spiro atoms. The fourth-order valence-electron chi connectivity index (χ4n) is 2.26. The fraction of sp³-hybridized carbons (Fsp3) is 0.312. The summed E-state index contributed by atoms with van der Waals surface area (Å²) in [4.78, 5) is 6.53. The van der Waals surface area contributed by atoms with Gasteiger partial charge in [0.1, 0.15) is 11.6 Å². The zero-order valence-corrected chi connectivity index (χ0v) is 12.3. The molecule has 0 saturated carbocycles. The molecule has 2 aromatic rings. The van der Waals surface area contributed by atoms with Gasteiger partial charge in [0.15, 0.2) is 0 Å². The summed E-state index contributed by atoms with van der Waals surface area (Å²) in [6, 6.07) is 9.75. The van der Waals surface area contributed by atoms with Crippen LogP contribution in [0.3, 0.4) is 0 Å². The van der Waals surface area contributed by atoms with Crippen LogP contribution in [0.1, 0.15) is 16.8 Å². The van der Waals surface area contributed by atoms with E-state index in [-0.39, 0.29) is 6.61 Å². The highest BCUT2D eigenvalue weighted by Gasteiger charge is 2.14. The summed E-state index contributed by atoms with van der Waals surface area (Å²) >= 11 is 0. The summed E-state index contributed by atoms with van der Waals surface area (Å²) in [6.07, 6.45) is 0. The number of benzene rings is 1. The van der Waals surface area contributed by atoms with E-state index in [2.05, 4.69) is 4.98 Å². The lowest BCUT2D eigenvalue weighted by atomic mass is 10.1. The highest BCUT2D eigenvalue weighted by Crippen LogP contribution is 2.29. The maximum Gasteiger partial charge on any atom is 0.138 e. The number of aliphatic hydroxyl groups is 1. The number of hydrogen-bond donors (Lipinski definition) is 1. The highest BCUT2D eigenvalue weighted by atomic mass is 16.5. The molecule has 0 unspecified atom stereocenters. The van der Waals surface area contributed by atoms with Crippen LogP contribution in [0.5, 0.6) is 5.75 Å². The molecule has 0 aliphatic rings. The Labute approximate surface area is 119 Å². The summed E-state index contributed by atoms with van der Waals surface area (Å²) in [5.41, 5.74) is 3.80. The Balaban J connectivity index is 2.49. The second-order valence-corrected chi connectivity index (χ2v) is 4.80. The van der Waals surface area contributed by atoms with Gasteiger partial charge < -0.3 is 14.7 Å². The van der Waals surface area contributed by atoms with Crippen LogP contribution in [0.2, 0.25) is 0 Å². The van der Waals surface area contributed by atoms with Gasteiger partial charge in [0.05, 0.1) is 13.7 Å². The average molecular weight is 272 g/mol. The van der Waals surface area contributed by atoms with Crippen LogP contribution in [0, 0.1) is 13.8 Å². The molecule has 4 heteroatoms. The van der Waals surface area contributed by atoms with Crippen LogP contribution in [0.4, 0.5) is 11.5 Å². The van der Waals surface area contributed by atoms with Crippen molar-refractivity contribution in [2.24, 2.45) is 0 Å². The van der Waals surface area contributed by atoms with E-state index in [0.29, 0.717) is 0 Å². The molecule has 1 aromatic heterocycles. The van der Waals surface area contributed by atoms with Gasteiger partial charge in [-0.05, 0) is 37.6 Å². The van der Waals surface area contributed by atoms with Crippen molar-refractivity contribution in [1.82, 2.24) is 4.98 Å². The molecule has 0 radical (unpaired) electrons. The van der Waals surface area contributed by atoms with E-state index in [0.717, 1.165) is 34.1 Å². The Kier molecular flexibility index (Phi) is 4.25. The van der Waals surface area contributed by atoms with Crippen molar-refractivity contribution in [3.05, 3.63) is 47.2 Å². The van der Waals surface area contributed by atoms with Gasteiger partial charge in [-0.15, -0.1) is 0 Å². The number of aliphatic hydroxyl groups excluding tert-OH is 1. The summed E-state index contributed by atoms with van der Waals surface area (Å²) in [5.74, 6) is 1.57. The maximum atomic E-state index is 9.60. The molecular formula is C16H20N2O2. The summed E-state index contributed by atoms with van der Waals surface area (Å²) in [7, 11) is 3.59. The van der Waals surface area contributed by atoms with Crippen LogP contribution in [0.25, 0.3) is 0 Å². The number of anilines is 2. The Morgan fingerprint density at radius 3 is 2.65 bits per heavy atom. The molecule has 1 aromatic carbocycles. The van der Waals surface area contributed by atoms with Gasteiger partial charge in [0.25, 0.3) is 0 Å². The lowest BCUT2D eigenvalue weighted by Gasteiger charge is -2.23. The van der Waals surface area contributed by atoms with Crippen molar-refractivity contribution >= 4 is 11.5 Å². The topological polar surface area (TPSA) is 45.6 Å². The largest absolute Gasteiger partial charge is 0.497 e. The van der Waals surface area contributed by atoms with Crippen molar-refractivity contribution in [1.29, 1.82) is 0 Å². The van der Waals surface area contributed by atoms with Gasteiger partial charge in [0, 0.05) is 30.1 Å². The second kappa shape index (κ2) is 5.92. The molecule has 0 aliphatic heterocycles. The van der Waals surface area contributed by atoms with E-state index in [1.807, 2.05) is 56.1 Å². The molecule has 0 atom stereocenters. The first-order valence-electron chi connectivity index (χ1n) is 6.52. The first-order chi connectivity index (χ1) is 9.56. The molecule has 106 valence electrons. The van der Waals surface area contributed by atoms with E-state index in [4.69, 9.17) is 4.74 Å². The number of nitrogens with zero attached hydrogens (tertiary/aromatic N) is 2. The van der Waals surface area contributed by atoms with Crippen LogP contribution >= 0.6 is 0 Å². The van der Waals surface area contributed by atoms with E-state index in [1.54, 1.807) is 7.11 Å². The third-order valence-corrected chi connectivity index (χ3v) is 3.37. The van der Waals surface area contributed by atoms with Gasteiger partial charge in [-0.1, -0.05) is 6.07 Å². The van der Waals surface area contributed by atoms with Gasteiger partial charge in [0.2, 0.25) is 0 Å². The predicted molar refractivity (Wildman–Crippen MR) is 80.7 cm³/mol. The van der Waals surface area contributed by atoms with Crippen LogP contribution < -0.4 is 9.64 Å². The zero-order chi connectivity index (χ0) is 14.7. The number of aromatic nitrogens is 1. The quantitative estimate of drug-likeness (QED) is 0.929. The Morgan fingerprint density at radius 2 is 2.00 bits per heavy atom. The molecule has 2 rings (SSSR count). The first-order valence-corrected chi connectivity index (χ1v) is 6.52. The van der Waals surface area contributed by atoms with E-state index in [9.17, 15) is 5.11 Å². The number of pyridine rings is 1. The van der Waals surface area contributed by atoms with Gasteiger partial charge in [-0.2, -0.15) is 0 Å². The third kappa shape index (κ3) is 2.75. The van der Waals surface area contributed by atoms with Crippen LogP contribution in [-0.4, -0.2) is 24.2 Å². The second-order valence-electron chi connectivity index (χ2n) is 4.80. The molecule has 1 N–H and O–H groups in total. The smallest absolute Gasteiger partial charge is 0.138 e. The molecular weight excluding hydrogens is 252 g/mol. The number of hydrogen-bond acceptors (Lipinski definition) is 4. The monoisotopic (exact) mass is 272 g/mol. The van der Waals surface area contributed by atoms with E-state index in [1.165, 1.54) is 0 Å². The number of ether oxygens (including phenoxy) is 1. The Hall–Kier alpha value is -2.07. The number of rotatable bonds is 4. The fourth-order valence-corrected chi connectivity index (χ4v) is 2.26. The zero-order valence-electron chi connectivity index (χ0n) is 12.3. The summed E-state index contributed by atoms with van der Waals surface area (Å²) in [6.45, 7) is 3.92. The summed E-state index contributed by atoms with van der Waals surface area (Å²) in [5, 5.41) is 9.60. The standard InChI is InChI=1S/C16H20N2O2/c1-11-8-12(2)17-16(15(11)10-19)18(3)13-6-5-7-14(9-13)20-4/h5-9,19H,10H2,1-4H3. The van der Waals surface area contributed by atoms with E-state index >= 15 is 0 Å². The molecule has 1 heterocycles. The normalized spacial score (nSPS) is 10.4. The minimum atomic E-state index is -0.0250. The lowest BCUT2D eigenvalue weighted by molar-refractivity contribution is 0.281. The SMILES string of the molecule is COc1cccc(N(C)c2nc(C)cc(C)c2CO)c1. The molecule has 20 heavy (non-hydrogen) atoms. The van der Waals surface area contributed by atoms with Crippen LogP contribution in [-0.2, 0) is 6.61 Å². The van der Waals surface area contributed by atoms with Crippen molar-refractivity contribution < 1.29 is 9.84 Å². The molecule has 0 fully saturated rings. The lowest BCUT2D eigenvalue weighted by Crippen LogP contribution is -2.15. The molecule has 0 amide bonds. The van der Waals surface area contributed by atoms with Gasteiger partial charge >= 0.3 is 0 Å². The molecule has 4 nitrogen and oxygen atoms in total. The van der Waals surface area contributed by atoms with Crippen molar-refractivity contribution in [3.63, 3.8) is 0 Å². The number of methoxy groups -OCH3 is 1. The van der Waals surface area contributed by atoms with Crippen molar-refractivity contribution in [3.8, 4) is 5.75 Å². The van der Waals surface area contributed by atoms with Crippen molar-refractivity contribution in [2.75, 3.05) is 19.1 Å². The molecule has 0 aliphatic carbocycles. The van der Waals surface area contributed by atoms with Gasteiger partial charge in [-0.25, -0.2) is 4.98 Å².